The molecule has 1 amide bonds. The standard InChI is InChI=1S/C23H17F3N4O3/c24-23(25,26)18-9-17(16-4-8-33-13-16)11-30-19(10-27)20(28-21(18)30)22(31)29-5-1-14(2-6-29)15-3-7-32-12-15/h3-4,7-9,11-14H,1-2,5-6H2. The summed E-state index contributed by atoms with van der Waals surface area (Å²) in [6.45, 7) is 0.805. The average Bonchev–Trinajstić information content (AvgIpc) is 3.58. The van der Waals surface area contributed by atoms with Gasteiger partial charge in [-0.1, -0.05) is 0 Å². The van der Waals surface area contributed by atoms with Gasteiger partial charge >= 0.3 is 6.18 Å². The first-order valence-corrected chi connectivity index (χ1v) is 10.2. The van der Waals surface area contributed by atoms with E-state index in [-0.39, 0.29) is 22.9 Å². The predicted molar refractivity (Wildman–Crippen MR) is 109 cm³/mol. The van der Waals surface area contributed by atoms with E-state index < -0.39 is 23.3 Å². The number of pyridine rings is 1. The van der Waals surface area contributed by atoms with Crippen LogP contribution in [0, 0.1) is 11.3 Å². The summed E-state index contributed by atoms with van der Waals surface area (Å²) in [4.78, 5) is 18.7. The van der Waals surface area contributed by atoms with Crippen LogP contribution >= 0.6 is 0 Å². The Balaban J connectivity index is 1.54. The summed E-state index contributed by atoms with van der Waals surface area (Å²) >= 11 is 0. The summed E-state index contributed by atoms with van der Waals surface area (Å²) in [6, 6.07) is 6.21. The molecule has 0 N–H and O–H groups in total. The minimum Gasteiger partial charge on any atom is -0.472 e. The van der Waals surface area contributed by atoms with E-state index in [1.165, 1.54) is 29.7 Å². The first-order chi connectivity index (χ1) is 15.9. The molecule has 0 saturated carbocycles. The second kappa shape index (κ2) is 7.85. The summed E-state index contributed by atoms with van der Waals surface area (Å²) in [7, 11) is 0. The van der Waals surface area contributed by atoms with Crippen molar-refractivity contribution in [1.82, 2.24) is 14.3 Å². The lowest BCUT2D eigenvalue weighted by molar-refractivity contribution is -0.136. The predicted octanol–water partition coefficient (Wildman–Crippen LogP) is 5.10. The molecule has 5 rings (SSSR count). The SMILES string of the molecule is N#Cc1c(C(=O)N2CCC(c3ccoc3)CC2)nc2c(C(F)(F)F)cc(-c3ccoc3)cn12. The number of piperidine rings is 1. The van der Waals surface area contributed by atoms with Gasteiger partial charge in [0, 0.05) is 30.4 Å². The summed E-state index contributed by atoms with van der Waals surface area (Å²) in [6.07, 6.45) is 3.91. The molecule has 0 bridgehead atoms. The average molecular weight is 454 g/mol. The summed E-state index contributed by atoms with van der Waals surface area (Å²) in [5.41, 5.74) is -0.379. The van der Waals surface area contributed by atoms with Crippen LogP contribution in [-0.4, -0.2) is 33.3 Å². The highest BCUT2D eigenvalue weighted by Crippen LogP contribution is 2.36. The summed E-state index contributed by atoms with van der Waals surface area (Å²) < 4.78 is 52.7. The van der Waals surface area contributed by atoms with Crippen LogP contribution < -0.4 is 0 Å². The van der Waals surface area contributed by atoms with Crippen molar-refractivity contribution in [1.29, 1.82) is 5.26 Å². The number of aromatic nitrogens is 2. The molecule has 4 aromatic rings. The molecule has 0 spiro atoms. The zero-order valence-electron chi connectivity index (χ0n) is 17.2. The number of hydrogen-bond acceptors (Lipinski definition) is 5. The third-order valence-corrected chi connectivity index (χ3v) is 5.99. The van der Waals surface area contributed by atoms with Gasteiger partial charge in [-0.05, 0) is 42.5 Å². The Hall–Kier alpha value is -4.00. The summed E-state index contributed by atoms with van der Waals surface area (Å²) in [5.74, 6) is -0.322. The maximum Gasteiger partial charge on any atom is 0.420 e. The van der Waals surface area contributed by atoms with Crippen molar-refractivity contribution in [3.8, 4) is 17.2 Å². The van der Waals surface area contributed by atoms with Gasteiger partial charge in [0.05, 0.1) is 30.6 Å². The van der Waals surface area contributed by atoms with Gasteiger partial charge in [-0.25, -0.2) is 4.98 Å². The number of furan rings is 2. The largest absolute Gasteiger partial charge is 0.472 e. The molecule has 0 unspecified atom stereocenters. The fourth-order valence-corrected chi connectivity index (χ4v) is 4.27. The molecule has 1 aliphatic rings. The molecule has 1 saturated heterocycles. The fourth-order valence-electron chi connectivity index (χ4n) is 4.27. The second-order valence-corrected chi connectivity index (χ2v) is 7.89. The number of hydrogen-bond donors (Lipinski definition) is 0. The van der Waals surface area contributed by atoms with E-state index in [0.717, 1.165) is 16.0 Å². The minimum atomic E-state index is -4.73. The first-order valence-electron chi connectivity index (χ1n) is 10.2. The van der Waals surface area contributed by atoms with Gasteiger partial charge in [0.2, 0.25) is 0 Å². The molecule has 33 heavy (non-hydrogen) atoms. The van der Waals surface area contributed by atoms with Crippen molar-refractivity contribution in [2.75, 3.05) is 13.1 Å². The van der Waals surface area contributed by atoms with E-state index in [0.29, 0.717) is 31.5 Å². The number of nitrogens with zero attached hydrogens (tertiary/aromatic N) is 4. The highest BCUT2D eigenvalue weighted by Gasteiger charge is 2.37. The first kappa shape index (κ1) is 20.9. The number of rotatable bonds is 3. The Labute approximate surface area is 185 Å². The molecule has 4 aromatic heterocycles. The van der Waals surface area contributed by atoms with Crippen molar-refractivity contribution in [2.45, 2.75) is 24.9 Å². The quantitative estimate of drug-likeness (QED) is 0.430. The lowest BCUT2D eigenvalue weighted by Gasteiger charge is -2.31. The number of nitriles is 1. The Morgan fingerprint density at radius 3 is 2.45 bits per heavy atom. The molecule has 0 radical (unpaired) electrons. The van der Waals surface area contributed by atoms with E-state index in [9.17, 15) is 23.2 Å². The van der Waals surface area contributed by atoms with Crippen LogP contribution in [0.2, 0.25) is 0 Å². The molecule has 0 atom stereocenters. The highest BCUT2D eigenvalue weighted by molar-refractivity contribution is 5.95. The molecule has 1 aliphatic heterocycles. The van der Waals surface area contributed by atoms with E-state index >= 15 is 0 Å². The molecule has 5 heterocycles. The molecular weight excluding hydrogens is 437 g/mol. The Kier molecular flexibility index (Phi) is 4.96. The lowest BCUT2D eigenvalue weighted by Crippen LogP contribution is -2.38. The Morgan fingerprint density at radius 1 is 1.12 bits per heavy atom. The number of alkyl halides is 3. The molecule has 7 nitrogen and oxygen atoms in total. The van der Waals surface area contributed by atoms with Crippen molar-refractivity contribution in [3.63, 3.8) is 0 Å². The van der Waals surface area contributed by atoms with E-state index in [1.54, 1.807) is 12.5 Å². The minimum absolute atomic E-state index is 0.192. The maximum atomic E-state index is 13.9. The van der Waals surface area contributed by atoms with Crippen molar-refractivity contribution < 1.29 is 26.8 Å². The number of halogens is 3. The normalized spacial score (nSPS) is 15.2. The van der Waals surface area contributed by atoms with Crippen molar-refractivity contribution in [3.05, 3.63) is 72.0 Å². The van der Waals surface area contributed by atoms with Gasteiger partial charge in [0.15, 0.2) is 17.0 Å². The molecule has 0 aromatic carbocycles. The van der Waals surface area contributed by atoms with Gasteiger partial charge in [-0.2, -0.15) is 18.4 Å². The number of imidazole rings is 1. The summed E-state index contributed by atoms with van der Waals surface area (Å²) in [5, 5.41) is 9.74. The smallest absolute Gasteiger partial charge is 0.420 e. The van der Waals surface area contributed by atoms with E-state index in [1.807, 2.05) is 12.1 Å². The lowest BCUT2D eigenvalue weighted by atomic mass is 9.91. The number of carbonyl (C=O) groups excluding carboxylic acids is 1. The Morgan fingerprint density at radius 2 is 1.85 bits per heavy atom. The molecule has 0 aliphatic carbocycles. The zero-order chi connectivity index (χ0) is 23.2. The van der Waals surface area contributed by atoms with Crippen LogP contribution in [-0.2, 0) is 6.18 Å². The van der Waals surface area contributed by atoms with Gasteiger partial charge in [-0.3, -0.25) is 9.20 Å². The van der Waals surface area contributed by atoms with Crippen molar-refractivity contribution >= 4 is 11.6 Å². The van der Waals surface area contributed by atoms with Gasteiger partial charge in [-0.15, -0.1) is 0 Å². The maximum absolute atomic E-state index is 13.9. The topological polar surface area (TPSA) is 87.7 Å². The highest BCUT2D eigenvalue weighted by atomic mass is 19.4. The molecular formula is C23H17F3N4O3. The number of fused-ring (bicyclic) bond motifs is 1. The van der Waals surface area contributed by atoms with Crippen LogP contribution in [0.3, 0.4) is 0 Å². The van der Waals surface area contributed by atoms with E-state index in [4.69, 9.17) is 8.83 Å². The van der Waals surface area contributed by atoms with Gasteiger partial charge in [0.25, 0.3) is 5.91 Å². The number of carbonyl (C=O) groups is 1. The van der Waals surface area contributed by atoms with Gasteiger partial charge < -0.3 is 13.7 Å². The third-order valence-electron chi connectivity index (χ3n) is 5.99. The molecule has 1 fully saturated rings. The zero-order valence-corrected chi connectivity index (χ0v) is 17.2. The monoisotopic (exact) mass is 454 g/mol. The van der Waals surface area contributed by atoms with E-state index in [2.05, 4.69) is 4.98 Å². The number of likely N-dealkylation sites (tertiary alicyclic amines) is 1. The van der Waals surface area contributed by atoms with Crippen LogP contribution in [0.25, 0.3) is 16.8 Å². The van der Waals surface area contributed by atoms with Crippen LogP contribution in [0.15, 0.2) is 58.3 Å². The van der Waals surface area contributed by atoms with Crippen LogP contribution in [0.4, 0.5) is 13.2 Å². The van der Waals surface area contributed by atoms with Crippen molar-refractivity contribution in [2.24, 2.45) is 0 Å². The fraction of sp³-hybridized carbons (Fsp3) is 0.261. The number of amides is 1. The second-order valence-electron chi connectivity index (χ2n) is 7.89. The Bertz CT molecular complexity index is 1340. The molecule has 168 valence electrons. The third kappa shape index (κ3) is 3.65. The van der Waals surface area contributed by atoms with Gasteiger partial charge in [0.1, 0.15) is 6.07 Å². The molecule has 10 heteroatoms. The van der Waals surface area contributed by atoms with Crippen LogP contribution in [0.5, 0.6) is 0 Å². The van der Waals surface area contributed by atoms with Crippen LogP contribution in [0.1, 0.15) is 46.1 Å².